The van der Waals surface area contributed by atoms with Crippen LogP contribution in [0, 0.1) is 6.92 Å². The molecule has 0 saturated carbocycles. The Hall–Kier alpha value is -1.19. The third-order valence-electron chi connectivity index (χ3n) is 3.34. The monoisotopic (exact) mass is 216 g/mol. The predicted molar refractivity (Wildman–Crippen MR) is 66.4 cm³/mol. The van der Waals surface area contributed by atoms with E-state index < -0.39 is 0 Å². The molecule has 0 aromatic carbocycles. The van der Waals surface area contributed by atoms with E-state index in [1.807, 2.05) is 0 Å². The molecule has 4 heteroatoms. The number of allylic oxidation sites excluding steroid dienone is 2. The Morgan fingerprint density at radius 1 is 1.50 bits per heavy atom. The molecule has 1 unspecified atom stereocenters. The van der Waals surface area contributed by atoms with Crippen molar-refractivity contribution in [1.29, 1.82) is 0 Å². The van der Waals surface area contributed by atoms with Gasteiger partial charge in [-0.15, -0.1) is 0 Å². The summed E-state index contributed by atoms with van der Waals surface area (Å²) in [6, 6.07) is 0.238. The van der Waals surface area contributed by atoms with Gasteiger partial charge in [-0.3, -0.25) is 9.48 Å². The largest absolute Gasteiger partial charge is 0.310 e. The zero-order valence-corrected chi connectivity index (χ0v) is 9.92. The Kier molecular flexibility index (Phi) is 3.08. The standard InChI is InChI=1S/C12H17BN2O/c1-8-5-3-4-6-10(7-8)15-12(16)9(2)11(13)14-15/h5,10,14H,3-4,6-7H2,1-2H3. The van der Waals surface area contributed by atoms with Crippen LogP contribution >= 0.6 is 0 Å². The quantitative estimate of drug-likeness (QED) is 0.558. The number of nitrogens with one attached hydrogen (secondary N) is 1. The van der Waals surface area contributed by atoms with Crippen molar-refractivity contribution >= 4 is 13.4 Å². The summed E-state index contributed by atoms with van der Waals surface area (Å²) in [6.07, 6.45) is 6.50. The highest BCUT2D eigenvalue weighted by Crippen LogP contribution is 2.25. The van der Waals surface area contributed by atoms with Crippen LogP contribution < -0.4 is 11.2 Å². The summed E-state index contributed by atoms with van der Waals surface area (Å²) in [5.41, 5.74) is 2.51. The SMILES string of the molecule is [B]c1[nH]n(C2CCCC=C(C)C2)c(=O)c1C. The maximum Gasteiger partial charge on any atom is 0.268 e. The zero-order valence-electron chi connectivity index (χ0n) is 9.92. The Balaban J connectivity index is 2.33. The fraction of sp³-hybridized carbons (Fsp3) is 0.583. The minimum Gasteiger partial charge on any atom is -0.310 e. The molecule has 2 rings (SSSR count). The van der Waals surface area contributed by atoms with E-state index in [-0.39, 0.29) is 11.6 Å². The van der Waals surface area contributed by atoms with Gasteiger partial charge in [0, 0.05) is 5.56 Å². The Bertz CT molecular complexity index is 470. The third kappa shape index (κ3) is 2.01. The van der Waals surface area contributed by atoms with Gasteiger partial charge in [0.1, 0.15) is 7.85 Å². The first-order chi connectivity index (χ1) is 7.59. The number of rotatable bonds is 1. The van der Waals surface area contributed by atoms with Crippen LogP contribution in [0.25, 0.3) is 0 Å². The minimum absolute atomic E-state index is 0.0252. The summed E-state index contributed by atoms with van der Waals surface area (Å²) in [5.74, 6) is 0. The lowest BCUT2D eigenvalue weighted by Crippen LogP contribution is -2.23. The summed E-state index contributed by atoms with van der Waals surface area (Å²) in [7, 11) is 5.73. The number of hydrogen-bond donors (Lipinski definition) is 1. The van der Waals surface area contributed by atoms with E-state index in [9.17, 15) is 4.79 Å². The molecule has 2 radical (unpaired) electrons. The van der Waals surface area contributed by atoms with Gasteiger partial charge < -0.3 is 5.10 Å². The zero-order chi connectivity index (χ0) is 11.7. The second-order valence-corrected chi connectivity index (χ2v) is 4.66. The van der Waals surface area contributed by atoms with Gasteiger partial charge in [-0.1, -0.05) is 11.6 Å². The Labute approximate surface area is 96.9 Å². The second kappa shape index (κ2) is 4.36. The van der Waals surface area contributed by atoms with Crippen LogP contribution in [-0.4, -0.2) is 17.6 Å². The first-order valence-corrected chi connectivity index (χ1v) is 5.82. The molecule has 0 bridgehead atoms. The van der Waals surface area contributed by atoms with E-state index in [4.69, 9.17) is 7.85 Å². The summed E-state index contributed by atoms with van der Waals surface area (Å²) in [5, 5.41) is 2.99. The van der Waals surface area contributed by atoms with Crippen molar-refractivity contribution in [3.63, 3.8) is 0 Å². The fourth-order valence-corrected chi connectivity index (χ4v) is 2.30. The molecule has 3 nitrogen and oxygen atoms in total. The van der Waals surface area contributed by atoms with Crippen LogP contribution in [0.3, 0.4) is 0 Å². The molecule has 16 heavy (non-hydrogen) atoms. The van der Waals surface area contributed by atoms with Crippen molar-refractivity contribution in [2.45, 2.75) is 45.6 Å². The summed E-state index contributed by atoms with van der Waals surface area (Å²) >= 11 is 0. The average molecular weight is 216 g/mol. The molecule has 0 saturated heterocycles. The van der Waals surface area contributed by atoms with Crippen molar-refractivity contribution in [3.8, 4) is 0 Å². The van der Waals surface area contributed by atoms with E-state index in [0.717, 1.165) is 25.7 Å². The normalized spacial score (nSPS) is 21.6. The smallest absolute Gasteiger partial charge is 0.268 e. The van der Waals surface area contributed by atoms with Crippen molar-refractivity contribution in [1.82, 2.24) is 9.78 Å². The van der Waals surface area contributed by atoms with Crippen LogP contribution in [-0.2, 0) is 0 Å². The van der Waals surface area contributed by atoms with Gasteiger partial charge in [-0.05, 0) is 45.1 Å². The average Bonchev–Trinajstić information content (AvgIpc) is 2.47. The molecule has 84 valence electrons. The Morgan fingerprint density at radius 3 is 2.88 bits per heavy atom. The highest BCUT2D eigenvalue weighted by atomic mass is 16.1. The first-order valence-electron chi connectivity index (χ1n) is 5.82. The molecular weight excluding hydrogens is 199 g/mol. The molecule has 1 aromatic rings. The fourth-order valence-electron chi connectivity index (χ4n) is 2.30. The topological polar surface area (TPSA) is 37.8 Å². The van der Waals surface area contributed by atoms with Gasteiger partial charge in [0.2, 0.25) is 0 Å². The lowest BCUT2D eigenvalue weighted by Gasteiger charge is -2.15. The van der Waals surface area contributed by atoms with Crippen LogP contribution in [0.5, 0.6) is 0 Å². The second-order valence-electron chi connectivity index (χ2n) is 4.66. The first kappa shape index (κ1) is 11.3. The number of hydrogen-bond acceptors (Lipinski definition) is 1. The van der Waals surface area contributed by atoms with E-state index in [1.54, 1.807) is 11.6 Å². The van der Waals surface area contributed by atoms with Crippen LogP contribution in [0.2, 0.25) is 0 Å². The van der Waals surface area contributed by atoms with Gasteiger partial charge in [0.05, 0.1) is 6.04 Å². The molecule has 0 spiro atoms. The van der Waals surface area contributed by atoms with E-state index >= 15 is 0 Å². The third-order valence-corrected chi connectivity index (χ3v) is 3.34. The highest BCUT2D eigenvalue weighted by molar-refractivity contribution is 6.31. The number of H-pyrrole nitrogens is 1. The number of aromatic amines is 1. The highest BCUT2D eigenvalue weighted by Gasteiger charge is 2.18. The van der Waals surface area contributed by atoms with Gasteiger partial charge in [-0.25, -0.2) is 0 Å². The van der Waals surface area contributed by atoms with Crippen LogP contribution in [0.1, 0.15) is 44.2 Å². The number of aromatic nitrogens is 2. The molecule has 1 heterocycles. The maximum atomic E-state index is 11.9. The van der Waals surface area contributed by atoms with Crippen LogP contribution in [0.4, 0.5) is 0 Å². The molecular formula is C12H17BN2O. The van der Waals surface area contributed by atoms with E-state index in [1.165, 1.54) is 5.57 Å². The lowest BCUT2D eigenvalue weighted by molar-refractivity contribution is 0.411. The molecule has 0 aliphatic heterocycles. The van der Waals surface area contributed by atoms with E-state index in [2.05, 4.69) is 18.1 Å². The molecule has 1 atom stereocenters. The molecule has 1 aliphatic carbocycles. The Morgan fingerprint density at radius 2 is 2.25 bits per heavy atom. The van der Waals surface area contributed by atoms with Crippen molar-refractivity contribution < 1.29 is 0 Å². The van der Waals surface area contributed by atoms with Gasteiger partial charge in [0.15, 0.2) is 0 Å². The molecule has 1 N–H and O–H groups in total. The molecule has 1 aromatic heterocycles. The molecule has 0 amide bonds. The van der Waals surface area contributed by atoms with Gasteiger partial charge in [0.25, 0.3) is 5.56 Å². The van der Waals surface area contributed by atoms with E-state index in [0.29, 0.717) is 11.2 Å². The van der Waals surface area contributed by atoms with Gasteiger partial charge in [-0.2, -0.15) is 0 Å². The summed E-state index contributed by atoms with van der Waals surface area (Å²) in [4.78, 5) is 11.9. The summed E-state index contributed by atoms with van der Waals surface area (Å²) in [6.45, 7) is 3.90. The molecule has 0 fully saturated rings. The van der Waals surface area contributed by atoms with Crippen molar-refractivity contribution in [3.05, 3.63) is 27.6 Å². The van der Waals surface area contributed by atoms with Gasteiger partial charge >= 0.3 is 0 Å². The number of nitrogens with zero attached hydrogens (tertiary/aromatic N) is 1. The van der Waals surface area contributed by atoms with Crippen LogP contribution in [0.15, 0.2) is 16.4 Å². The minimum atomic E-state index is 0.0252. The van der Waals surface area contributed by atoms with Crippen molar-refractivity contribution in [2.75, 3.05) is 0 Å². The summed E-state index contributed by atoms with van der Waals surface area (Å²) < 4.78 is 1.70. The maximum absolute atomic E-state index is 11.9. The lowest BCUT2D eigenvalue weighted by atomic mass is 10.0. The predicted octanol–water partition coefficient (Wildman–Crippen LogP) is 1.34. The van der Waals surface area contributed by atoms with Crippen molar-refractivity contribution in [2.24, 2.45) is 0 Å². The molecule has 1 aliphatic rings.